The number of halogens is 1. The van der Waals surface area contributed by atoms with E-state index >= 15 is 0 Å². The van der Waals surface area contributed by atoms with Crippen LogP contribution in [0, 0.1) is 5.92 Å². The van der Waals surface area contributed by atoms with Crippen LogP contribution in [0.25, 0.3) is 0 Å². The number of rotatable bonds is 1. The second-order valence-electron chi connectivity index (χ2n) is 2.41. The Bertz CT molecular complexity index is 170. The zero-order chi connectivity index (χ0) is 7.56. The molecule has 0 aromatic rings. The molecule has 11 heavy (non-hydrogen) atoms. The van der Waals surface area contributed by atoms with Gasteiger partial charge >= 0.3 is 5.97 Å². The first-order valence-corrected chi connectivity index (χ1v) is 3.26. The summed E-state index contributed by atoms with van der Waals surface area (Å²) in [5, 5.41) is 0. The molecule has 1 rings (SSSR count). The van der Waals surface area contributed by atoms with Crippen molar-refractivity contribution in [2.75, 3.05) is 7.11 Å². The molecule has 2 N–H and O–H groups in total. The third-order valence-electron chi connectivity index (χ3n) is 1.62. The van der Waals surface area contributed by atoms with E-state index in [9.17, 15) is 4.79 Å². The number of hydrogen-bond donors (Lipinski definition) is 1. The van der Waals surface area contributed by atoms with Crippen LogP contribution in [-0.4, -0.2) is 19.1 Å². The van der Waals surface area contributed by atoms with E-state index < -0.39 is 0 Å². The molecule has 2 atom stereocenters. The Morgan fingerprint density at radius 3 is 2.64 bits per heavy atom. The predicted octanol–water partition coefficient (Wildman–Crippen LogP) is 0.485. The fraction of sp³-hybridized carbons (Fsp3) is 0.571. The molecule has 0 aromatic carbocycles. The standard InChI is InChI=1S/C7H11NO2.ClH/c1-10-7(9)5-2-3-6(8)4-5;/h2-3,5-6H,4,8H2,1H3;1H. The lowest BCUT2D eigenvalue weighted by Crippen LogP contribution is -2.19. The van der Waals surface area contributed by atoms with Gasteiger partial charge in [-0.05, 0) is 6.42 Å². The van der Waals surface area contributed by atoms with Gasteiger partial charge in [0.2, 0.25) is 0 Å². The van der Waals surface area contributed by atoms with E-state index in [1.807, 2.05) is 6.08 Å². The zero-order valence-electron chi connectivity index (χ0n) is 6.32. The number of methoxy groups -OCH3 is 1. The van der Waals surface area contributed by atoms with Gasteiger partial charge in [0.05, 0.1) is 13.0 Å². The average Bonchev–Trinajstić information content (AvgIpc) is 2.34. The summed E-state index contributed by atoms with van der Waals surface area (Å²) >= 11 is 0. The Morgan fingerprint density at radius 2 is 2.27 bits per heavy atom. The molecule has 1 aliphatic carbocycles. The largest absolute Gasteiger partial charge is 0.469 e. The fourth-order valence-corrected chi connectivity index (χ4v) is 1.05. The van der Waals surface area contributed by atoms with E-state index in [0.717, 1.165) is 0 Å². The predicted molar refractivity (Wildman–Crippen MR) is 44.5 cm³/mol. The Hall–Kier alpha value is -0.540. The number of carbonyl (C=O) groups excluding carboxylic acids is 1. The van der Waals surface area contributed by atoms with E-state index in [1.54, 1.807) is 6.08 Å². The normalized spacial score (nSPS) is 27.8. The summed E-state index contributed by atoms with van der Waals surface area (Å²) in [5.41, 5.74) is 5.52. The molecule has 0 radical (unpaired) electrons. The lowest BCUT2D eigenvalue weighted by Gasteiger charge is -2.04. The van der Waals surface area contributed by atoms with Gasteiger partial charge in [-0.1, -0.05) is 12.2 Å². The molecule has 0 fully saturated rings. The summed E-state index contributed by atoms with van der Waals surface area (Å²) in [6.45, 7) is 0. The number of nitrogens with two attached hydrogens (primary N) is 1. The zero-order valence-corrected chi connectivity index (χ0v) is 7.14. The summed E-state index contributed by atoms with van der Waals surface area (Å²) in [6.07, 6.45) is 4.32. The molecule has 64 valence electrons. The molecule has 4 heteroatoms. The molecule has 0 heterocycles. The first kappa shape index (κ1) is 10.5. The van der Waals surface area contributed by atoms with Gasteiger partial charge in [-0.15, -0.1) is 12.4 Å². The van der Waals surface area contributed by atoms with Crippen LogP contribution in [0.4, 0.5) is 0 Å². The molecule has 2 unspecified atom stereocenters. The highest BCUT2D eigenvalue weighted by Crippen LogP contribution is 2.16. The van der Waals surface area contributed by atoms with Crippen molar-refractivity contribution in [1.82, 2.24) is 0 Å². The van der Waals surface area contributed by atoms with E-state index in [4.69, 9.17) is 5.73 Å². The van der Waals surface area contributed by atoms with E-state index in [-0.39, 0.29) is 30.3 Å². The SMILES string of the molecule is COC(=O)C1C=CC(N)C1.Cl. The van der Waals surface area contributed by atoms with Gasteiger partial charge in [0.15, 0.2) is 0 Å². The monoisotopic (exact) mass is 177 g/mol. The molecule has 3 nitrogen and oxygen atoms in total. The molecule has 0 spiro atoms. The minimum atomic E-state index is -0.191. The highest BCUT2D eigenvalue weighted by molar-refractivity contribution is 5.85. The lowest BCUT2D eigenvalue weighted by molar-refractivity contribution is -0.143. The van der Waals surface area contributed by atoms with E-state index in [1.165, 1.54) is 7.11 Å². The van der Waals surface area contributed by atoms with Crippen LogP contribution in [0.5, 0.6) is 0 Å². The van der Waals surface area contributed by atoms with Gasteiger partial charge in [0, 0.05) is 6.04 Å². The average molecular weight is 178 g/mol. The van der Waals surface area contributed by atoms with Crippen LogP contribution in [0.1, 0.15) is 6.42 Å². The number of hydrogen-bond acceptors (Lipinski definition) is 3. The van der Waals surface area contributed by atoms with Gasteiger partial charge in [-0.3, -0.25) is 4.79 Å². The van der Waals surface area contributed by atoms with Crippen LogP contribution in [0.15, 0.2) is 12.2 Å². The molecule has 1 aliphatic rings. The molecule has 0 aromatic heterocycles. The van der Waals surface area contributed by atoms with Crippen molar-refractivity contribution in [3.05, 3.63) is 12.2 Å². The van der Waals surface area contributed by atoms with E-state index in [0.29, 0.717) is 6.42 Å². The summed E-state index contributed by atoms with van der Waals surface area (Å²) in [7, 11) is 1.39. The minimum Gasteiger partial charge on any atom is -0.469 e. The number of esters is 1. The molecule has 0 aliphatic heterocycles. The van der Waals surface area contributed by atoms with Crippen molar-refractivity contribution in [3.63, 3.8) is 0 Å². The highest BCUT2D eigenvalue weighted by Gasteiger charge is 2.22. The van der Waals surface area contributed by atoms with Gasteiger partial charge in [-0.2, -0.15) is 0 Å². The Morgan fingerprint density at radius 1 is 1.64 bits per heavy atom. The van der Waals surface area contributed by atoms with Crippen LogP contribution >= 0.6 is 12.4 Å². The maximum atomic E-state index is 10.8. The smallest absolute Gasteiger partial charge is 0.312 e. The summed E-state index contributed by atoms with van der Waals surface area (Å²) in [4.78, 5) is 10.8. The van der Waals surface area contributed by atoms with Gasteiger partial charge < -0.3 is 10.5 Å². The molecule has 0 amide bonds. The van der Waals surface area contributed by atoms with E-state index in [2.05, 4.69) is 4.74 Å². The van der Waals surface area contributed by atoms with Crippen LogP contribution < -0.4 is 5.73 Å². The topological polar surface area (TPSA) is 52.3 Å². The Kier molecular flexibility index (Phi) is 4.15. The van der Waals surface area contributed by atoms with Crippen molar-refractivity contribution in [2.45, 2.75) is 12.5 Å². The van der Waals surface area contributed by atoms with Gasteiger partial charge in [0.25, 0.3) is 0 Å². The quantitative estimate of drug-likeness (QED) is 0.469. The Balaban J connectivity index is 0.000001000. The van der Waals surface area contributed by atoms with Crippen molar-refractivity contribution in [1.29, 1.82) is 0 Å². The first-order valence-electron chi connectivity index (χ1n) is 3.26. The molecule has 0 saturated carbocycles. The highest BCUT2D eigenvalue weighted by atomic mass is 35.5. The van der Waals surface area contributed by atoms with Crippen LogP contribution in [-0.2, 0) is 9.53 Å². The second-order valence-corrected chi connectivity index (χ2v) is 2.41. The van der Waals surface area contributed by atoms with Crippen molar-refractivity contribution >= 4 is 18.4 Å². The number of ether oxygens (including phenoxy) is 1. The first-order chi connectivity index (χ1) is 4.74. The van der Waals surface area contributed by atoms with Crippen LogP contribution in [0.3, 0.4) is 0 Å². The molecule has 0 saturated heterocycles. The third-order valence-corrected chi connectivity index (χ3v) is 1.62. The van der Waals surface area contributed by atoms with Gasteiger partial charge in [-0.25, -0.2) is 0 Å². The third kappa shape index (κ3) is 2.52. The molecular weight excluding hydrogens is 166 g/mol. The maximum Gasteiger partial charge on any atom is 0.312 e. The van der Waals surface area contributed by atoms with Crippen molar-refractivity contribution < 1.29 is 9.53 Å². The van der Waals surface area contributed by atoms with Gasteiger partial charge in [0.1, 0.15) is 0 Å². The Labute approximate surface area is 72.0 Å². The van der Waals surface area contributed by atoms with Crippen molar-refractivity contribution in [3.8, 4) is 0 Å². The molecular formula is C7H12ClNO2. The minimum absolute atomic E-state index is 0. The second kappa shape index (κ2) is 4.36. The fourth-order valence-electron chi connectivity index (χ4n) is 1.05. The summed E-state index contributed by atoms with van der Waals surface area (Å²) in [6, 6.07) is 0.0316. The summed E-state index contributed by atoms with van der Waals surface area (Å²) < 4.78 is 4.54. The maximum absolute atomic E-state index is 10.8. The van der Waals surface area contributed by atoms with Crippen molar-refractivity contribution in [2.24, 2.45) is 11.7 Å². The number of carbonyl (C=O) groups is 1. The summed E-state index contributed by atoms with van der Waals surface area (Å²) in [5.74, 6) is -0.302. The lowest BCUT2D eigenvalue weighted by atomic mass is 10.1. The molecule has 0 bridgehead atoms. The van der Waals surface area contributed by atoms with Crippen LogP contribution in [0.2, 0.25) is 0 Å².